The molecule has 37 heavy (non-hydrogen) atoms. The standard InChI is InChI=1S/C29H16F6N2/c30-21-15-25(31)23(26(32)16-21)17-37-28(22-7-4-8-24(27(22)36-37)29(33,34)35)20-13-11-19(12-14-20)10-9-18-5-2-1-3-6-18/h1-8,11-16H,17H2. The summed E-state index contributed by atoms with van der Waals surface area (Å²) in [5.41, 5.74) is 0.320. The van der Waals surface area contributed by atoms with Gasteiger partial charge in [-0.15, -0.1) is 0 Å². The molecule has 0 saturated carbocycles. The molecule has 0 unspecified atom stereocenters. The summed E-state index contributed by atoms with van der Waals surface area (Å²) in [4.78, 5) is 0. The van der Waals surface area contributed by atoms with Gasteiger partial charge in [-0.25, -0.2) is 13.2 Å². The molecule has 5 aromatic rings. The van der Waals surface area contributed by atoms with Crippen LogP contribution in [0.3, 0.4) is 0 Å². The lowest BCUT2D eigenvalue weighted by Crippen LogP contribution is -2.09. The van der Waals surface area contributed by atoms with E-state index in [1.165, 1.54) is 12.1 Å². The summed E-state index contributed by atoms with van der Waals surface area (Å²) in [6, 6.07) is 20.7. The Bertz CT molecular complexity index is 1630. The Hall–Kier alpha value is -4.51. The first-order valence-electron chi connectivity index (χ1n) is 11.1. The van der Waals surface area contributed by atoms with E-state index in [-0.39, 0.29) is 16.6 Å². The van der Waals surface area contributed by atoms with Gasteiger partial charge in [-0.1, -0.05) is 54.3 Å². The van der Waals surface area contributed by atoms with Gasteiger partial charge in [0.1, 0.15) is 23.0 Å². The molecule has 1 heterocycles. The molecule has 0 radical (unpaired) electrons. The molecule has 0 amide bonds. The summed E-state index contributed by atoms with van der Waals surface area (Å²) in [5.74, 6) is 2.62. The molecule has 0 spiro atoms. The monoisotopic (exact) mass is 506 g/mol. The third-order valence-electron chi connectivity index (χ3n) is 5.77. The number of hydrogen-bond acceptors (Lipinski definition) is 1. The van der Waals surface area contributed by atoms with E-state index in [1.54, 1.807) is 24.3 Å². The largest absolute Gasteiger partial charge is 0.418 e. The number of aromatic nitrogens is 2. The first-order chi connectivity index (χ1) is 17.7. The van der Waals surface area contributed by atoms with Crippen LogP contribution in [0.4, 0.5) is 26.3 Å². The number of rotatable bonds is 3. The summed E-state index contributed by atoms with van der Waals surface area (Å²) < 4.78 is 84.5. The van der Waals surface area contributed by atoms with E-state index in [4.69, 9.17) is 0 Å². The molecule has 5 rings (SSSR count). The van der Waals surface area contributed by atoms with Gasteiger partial charge >= 0.3 is 6.18 Å². The fourth-order valence-electron chi connectivity index (χ4n) is 4.05. The molecule has 0 aliphatic rings. The van der Waals surface area contributed by atoms with Crippen LogP contribution in [0.25, 0.3) is 22.2 Å². The van der Waals surface area contributed by atoms with Gasteiger partial charge < -0.3 is 0 Å². The van der Waals surface area contributed by atoms with Gasteiger partial charge in [0, 0.05) is 39.8 Å². The number of benzene rings is 4. The minimum Gasteiger partial charge on any atom is -0.259 e. The zero-order valence-electron chi connectivity index (χ0n) is 19.0. The molecule has 0 atom stereocenters. The van der Waals surface area contributed by atoms with Crippen molar-refractivity contribution in [1.82, 2.24) is 9.78 Å². The minimum absolute atomic E-state index is 0.154. The van der Waals surface area contributed by atoms with Crippen LogP contribution in [0.15, 0.2) is 84.9 Å². The van der Waals surface area contributed by atoms with Gasteiger partial charge in [-0.05, 0) is 30.3 Å². The Labute approximate surface area is 207 Å². The van der Waals surface area contributed by atoms with Crippen LogP contribution >= 0.6 is 0 Å². The third-order valence-corrected chi connectivity index (χ3v) is 5.77. The highest BCUT2D eigenvalue weighted by Crippen LogP contribution is 2.38. The van der Waals surface area contributed by atoms with Crippen molar-refractivity contribution < 1.29 is 26.3 Å². The highest BCUT2D eigenvalue weighted by Gasteiger charge is 2.34. The normalized spacial score (nSPS) is 11.4. The van der Waals surface area contributed by atoms with Crippen molar-refractivity contribution in [2.75, 3.05) is 0 Å². The molecule has 184 valence electrons. The van der Waals surface area contributed by atoms with Gasteiger partial charge in [0.05, 0.1) is 17.8 Å². The predicted octanol–water partition coefficient (Wildman–Crippen LogP) is 7.59. The minimum atomic E-state index is -4.70. The van der Waals surface area contributed by atoms with Crippen molar-refractivity contribution in [3.05, 3.63) is 125 Å². The van der Waals surface area contributed by atoms with E-state index in [9.17, 15) is 26.3 Å². The fraction of sp³-hybridized carbons (Fsp3) is 0.0690. The number of halogens is 6. The molecule has 0 aliphatic heterocycles. The first-order valence-corrected chi connectivity index (χ1v) is 11.1. The van der Waals surface area contributed by atoms with Crippen molar-refractivity contribution in [3.63, 3.8) is 0 Å². The van der Waals surface area contributed by atoms with Crippen LogP contribution < -0.4 is 0 Å². The maximum absolute atomic E-state index is 14.4. The Morgan fingerprint density at radius 3 is 1.97 bits per heavy atom. The zero-order valence-corrected chi connectivity index (χ0v) is 19.0. The Balaban J connectivity index is 1.63. The van der Waals surface area contributed by atoms with E-state index in [0.29, 0.717) is 23.3 Å². The second kappa shape index (κ2) is 9.51. The second-order valence-electron chi connectivity index (χ2n) is 8.25. The topological polar surface area (TPSA) is 17.8 Å². The number of alkyl halides is 3. The fourth-order valence-corrected chi connectivity index (χ4v) is 4.05. The molecule has 8 heteroatoms. The summed E-state index contributed by atoms with van der Waals surface area (Å²) in [6.07, 6.45) is -4.70. The van der Waals surface area contributed by atoms with Crippen LogP contribution in [0.1, 0.15) is 22.3 Å². The molecule has 0 fully saturated rings. The van der Waals surface area contributed by atoms with Crippen LogP contribution in [-0.4, -0.2) is 9.78 Å². The predicted molar refractivity (Wildman–Crippen MR) is 128 cm³/mol. The molecule has 4 aromatic carbocycles. The molecular weight excluding hydrogens is 490 g/mol. The average molecular weight is 506 g/mol. The van der Waals surface area contributed by atoms with E-state index >= 15 is 0 Å². The Morgan fingerprint density at radius 2 is 1.35 bits per heavy atom. The van der Waals surface area contributed by atoms with Crippen molar-refractivity contribution in [2.24, 2.45) is 0 Å². The second-order valence-corrected chi connectivity index (χ2v) is 8.25. The summed E-state index contributed by atoms with van der Waals surface area (Å²) in [6.45, 7) is -0.547. The van der Waals surface area contributed by atoms with Gasteiger partial charge in [0.2, 0.25) is 0 Å². The van der Waals surface area contributed by atoms with Gasteiger partial charge in [0.25, 0.3) is 0 Å². The maximum atomic E-state index is 14.4. The van der Waals surface area contributed by atoms with Gasteiger partial charge in [-0.3, -0.25) is 4.68 Å². The SMILES string of the molecule is Fc1cc(F)c(Cn2nc3c(C(F)(F)F)cccc3c2-c2ccc(C#Cc3ccccc3)cc2)c(F)c1. The molecule has 0 saturated heterocycles. The smallest absolute Gasteiger partial charge is 0.259 e. The summed E-state index contributed by atoms with van der Waals surface area (Å²) >= 11 is 0. The molecule has 1 aromatic heterocycles. The molecule has 2 nitrogen and oxygen atoms in total. The van der Waals surface area contributed by atoms with Crippen molar-refractivity contribution in [1.29, 1.82) is 0 Å². The Kier molecular flexibility index (Phi) is 6.22. The summed E-state index contributed by atoms with van der Waals surface area (Å²) in [7, 11) is 0. The van der Waals surface area contributed by atoms with Crippen molar-refractivity contribution in [2.45, 2.75) is 12.7 Å². The van der Waals surface area contributed by atoms with Crippen molar-refractivity contribution in [3.8, 4) is 23.1 Å². The molecule has 0 N–H and O–H groups in total. The van der Waals surface area contributed by atoms with Crippen LogP contribution in [0.5, 0.6) is 0 Å². The van der Waals surface area contributed by atoms with Gasteiger partial charge in [-0.2, -0.15) is 18.3 Å². The lowest BCUT2D eigenvalue weighted by molar-refractivity contribution is -0.136. The van der Waals surface area contributed by atoms with Crippen LogP contribution in [0.2, 0.25) is 0 Å². The maximum Gasteiger partial charge on any atom is 0.418 e. The van der Waals surface area contributed by atoms with Gasteiger partial charge in [0.15, 0.2) is 0 Å². The van der Waals surface area contributed by atoms with E-state index < -0.39 is 41.3 Å². The lowest BCUT2D eigenvalue weighted by atomic mass is 10.0. The highest BCUT2D eigenvalue weighted by atomic mass is 19.4. The summed E-state index contributed by atoms with van der Waals surface area (Å²) in [5, 5.41) is 4.25. The molecule has 0 aliphatic carbocycles. The molecular formula is C29H16F6N2. The highest BCUT2D eigenvalue weighted by molar-refractivity contribution is 5.95. The first kappa shape index (κ1) is 24.2. The number of fused-ring (bicyclic) bond motifs is 1. The Morgan fingerprint density at radius 1 is 0.730 bits per heavy atom. The number of nitrogens with zero attached hydrogens (tertiary/aromatic N) is 2. The average Bonchev–Trinajstić information content (AvgIpc) is 3.23. The van der Waals surface area contributed by atoms with E-state index in [0.717, 1.165) is 16.3 Å². The third kappa shape index (κ3) is 4.94. The van der Waals surface area contributed by atoms with E-state index in [1.807, 2.05) is 30.3 Å². The lowest BCUT2D eigenvalue weighted by Gasteiger charge is -2.10. The zero-order chi connectivity index (χ0) is 26.2. The van der Waals surface area contributed by atoms with E-state index in [2.05, 4.69) is 16.9 Å². The quantitative estimate of drug-likeness (QED) is 0.182. The van der Waals surface area contributed by atoms with Crippen molar-refractivity contribution >= 4 is 10.9 Å². The van der Waals surface area contributed by atoms with Crippen LogP contribution in [-0.2, 0) is 12.7 Å². The molecule has 0 bridgehead atoms. The number of hydrogen-bond donors (Lipinski definition) is 0. The van der Waals surface area contributed by atoms with Crippen LogP contribution in [0, 0.1) is 29.3 Å².